The van der Waals surface area contributed by atoms with Crippen molar-refractivity contribution in [1.29, 1.82) is 0 Å². The number of cyclic esters (lactones) is 1. The molecule has 4 rings (SSSR count). The van der Waals surface area contributed by atoms with Crippen LogP contribution in [0.5, 0.6) is 11.5 Å². The number of methoxy groups -OCH3 is 1. The topological polar surface area (TPSA) is 44.8 Å². The molecule has 0 aromatic heterocycles. The molecule has 1 heterocycles. The summed E-state index contributed by atoms with van der Waals surface area (Å²) in [4.78, 5) is 12.4. The molecule has 0 radical (unpaired) electrons. The molecule has 0 aliphatic carbocycles. The first-order valence-electron chi connectivity index (χ1n) is 9.59. The van der Waals surface area contributed by atoms with Crippen molar-refractivity contribution in [2.45, 2.75) is 6.61 Å². The summed E-state index contributed by atoms with van der Waals surface area (Å²) in [5.41, 5.74) is 3.17. The van der Waals surface area contributed by atoms with Crippen molar-refractivity contribution in [1.82, 2.24) is 0 Å². The monoisotopic (exact) mass is 618 g/mol. The van der Waals surface area contributed by atoms with Gasteiger partial charge in [-0.25, -0.2) is 4.79 Å². The van der Waals surface area contributed by atoms with Crippen molar-refractivity contribution in [3.8, 4) is 11.5 Å². The minimum atomic E-state index is -0.390. The molecule has 32 heavy (non-hydrogen) atoms. The highest BCUT2D eigenvalue weighted by molar-refractivity contribution is 9.11. The summed E-state index contributed by atoms with van der Waals surface area (Å²) in [6.45, 7) is 0.436. The highest BCUT2D eigenvalue weighted by atomic mass is 79.9. The Hall–Kier alpha value is -2.35. The second kappa shape index (κ2) is 10.1. The number of carbonyl (C=O) groups is 1. The number of carbonyl (C=O) groups excluding carboxylic acids is 1. The average molecular weight is 621 g/mol. The second-order valence-corrected chi connectivity index (χ2v) is 9.58. The molecule has 0 unspecified atom stereocenters. The van der Waals surface area contributed by atoms with Gasteiger partial charge in [0.15, 0.2) is 0 Å². The molecule has 0 saturated heterocycles. The third-order valence-electron chi connectivity index (χ3n) is 4.74. The molecule has 0 fully saturated rings. The quantitative estimate of drug-likeness (QED) is 0.211. The van der Waals surface area contributed by atoms with Crippen LogP contribution in [-0.2, 0) is 16.1 Å². The van der Waals surface area contributed by atoms with Gasteiger partial charge in [0.1, 0.15) is 23.9 Å². The van der Waals surface area contributed by atoms with Crippen LogP contribution in [0.2, 0.25) is 0 Å². The molecule has 0 spiro atoms. The first-order valence-corrected chi connectivity index (χ1v) is 12.0. The van der Waals surface area contributed by atoms with E-state index in [1.165, 1.54) is 0 Å². The number of esters is 1. The third kappa shape index (κ3) is 5.34. The number of rotatable bonds is 6. The van der Waals surface area contributed by atoms with Gasteiger partial charge in [-0.05, 0) is 104 Å². The summed E-state index contributed by atoms with van der Waals surface area (Å²) in [6.07, 6.45) is 3.52. The maximum absolute atomic E-state index is 12.4. The van der Waals surface area contributed by atoms with Crippen LogP contribution in [0.25, 0.3) is 11.8 Å². The van der Waals surface area contributed by atoms with Crippen molar-refractivity contribution in [3.63, 3.8) is 0 Å². The standard InChI is InChI=1S/C25H17Br3O4/c1-30-20-8-4-17(5-9-20)23-13-18(25(29)32-23)10-16-11-21(27)24(22(28)12-16)31-14-15-2-6-19(26)7-3-15/h2-13H,14H2,1H3/b18-10-. The second-order valence-electron chi connectivity index (χ2n) is 6.96. The van der Waals surface area contributed by atoms with Crippen molar-refractivity contribution in [2.75, 3.05) is 7.11 Å². The van der Waals surface area contributed by atoms with E-state index >= 15 is 0 Å². The molecule has 1 aliphatic rings. The lowest BCUT2D eigenvalue weighted by Crippen LogP contribution is -1.98. The van der Waals surface area contributed by atoms with E-state index in [0.29, 0.717) is 23.7 Å². The van der Waals surface area contributed by atoms with Crippen molar-refractivity contribution in [2.24, 2.45) is 0 Å². The van der Waals surface area contributed by atoms with E-state index in [1.54, 1.807) is 19.3 Å². The fraction of sp³-hybridized carbons (Fsp3) is 0.0800. The van der Waals surface area contributed by atoms with Gasteiger partial charge in [0.25, 0.3) is 0 Å². The Bertz CT molecular complexity index is 1190. The van der Waals surface area contributed by atoms with E-state index < -0.39 is 5.97 Å². The van der Waals surface area contributed by atoms with E-state index in [-0.39, 0.29) is 0 Å². The molecular weight excluding hydrogens is 604 g/mol. The molecule has 0 bridgehead atoms. The summed E-state index contributed by atoms with van der Waals surface area (Å²) >= 11 is 10.6. The van der Waals surface area contributed by atoms with Crippen LogP contribution in [-0.4, -0.2) is 13.1 Å². The molecule has 4 nitrogen and oxygen atoms in total. The molecule has 162 valence electrons. The van der Waals surface area contributed by atoms with Gasteiger partial charge in [0.2, 0.25) is 0 Å². The van der Waals surface area contributed by atoms with E-state index in [9.17, 15) is 4.79 Å². The summed E-state index contributed by atoms with van der Waals surface area (Å²) in [7, 11) is 1.61. The zero-order valence-electron chi connectivity index (χ0n) is 16.9. The van der Waals surface area contributed by atoms with E-state index in [1.807, 2.05) is 60.7 Å². The van der Waals surface area contributed by atoms with E-state index in [4.69, 9.17) is 14.2 Å². The van der Waals surface area contributed by atoms with E-state index in [0.717, 1.165) is 35.9 Å². The van der Waals surface area contributed by atoms with Crippen LogP contribution < -0.4 is 9.47 Å². The van der Waals surface area contributed by atoms with E-state index in [2.05, 4.69) is 47.8 Å². The van der Waals surface area contributed by atoms with Crippen LogP contribution in [0.1, 0.15) is 16.7 Å². The Morgan fingerprint density at radius 3 is 2.22 bits per heavy atom. The van der Waals surface area contributed by atoms with Crippen LogP contribution in [0.3, 0.4) is 0 Å². The molecule has 7 heteroatoms. The molecule has 3 aromatic carbocycles. The minimum absolute atomic E-state index is 0.390. The number of hydrogen-bond acceptors (Lipinski definition) is 4. The fourth-order valence-electron chi connectivity index (χ4n) is 3.10. The molecule has 0 atom stereocenters. The van der Waals surface area contributed by atoms with Gasteiger partial charge in [0, 0.05) is 10.0 Å². The molecule has 0 saturated carbocycles. The molecular formula is C25H17Br3O4. The average Bonchev–Trinajstić information content (AvgIpc) is 3.14. The largest absolute Gasteiger partial charge is 0.497 e. The SMILES string of the molecule is COc1ccc(C2=C/C(=C/c3cc(Br)c(OCc4ccc(Br)cc4)c(Br)c3)C(=O)O2)cc1. The van der Waals surface area contributed by atoms with Crippen molar-refractivity contribution in [3.05, 3.63) is 102 Å². The summed E-state index contributed by atoms with van der Waals surface area (Å²) in [5.74, 6) is 1.56. The highest BCUT2D eigenvalue weighted by Crippen LogP contribution is 2.37. The lowest BCUT2D eigenvalue weighted by molar-refractivity contribution is -0.130. The predicted molar refractivity (Wildman–Crippen MR) is 135 cm³/mol. The van der Waals surface area contributed by atoms with Gasteiger partial charge >= 0.3 is 5.97 Å². The lowest BCUT2D eigenvalue weighted by atomic mass is 10.1. The Morgan fingerprint density at radius 1 is 0.938 bits per heavy atom. The smallest absolute Gasteiger partial charge is 0.343 e. The Balaban J connectivity index is 1.53. The first-order chi connectivity index (χ1) is 15.4. The van der Waals surface area contributed by atoms with Crippen molar-refractivity contribution >= 4 is 65.6 Å². The van der Waals surface area contributed by atoms with Crippen molar-refractivity contribution < 1.29 is 19.0 Å². The number of hydrogen-bond donors (Lipinski definition) is 0. The van der Waals surface area contributed by atoms with Gasteiger partial charge in [-0.15, -0.1) is 0 Å². The molecule has 0 amide bonds. The zero-order chi connectivity index (χ0) is 22.7. The maximum atomic E-state index is 12.4. The minimum Gasteiger partial charge on any atom is -0.497 e. The summed E-state index contributed by atoms with van der Waals surface area (Å²) in [6, 6.07) is 19.1. The first kappa shape index (κ1) is 22.8. The highest BCUT2D eigenvalue weighted by Gasteiger charge is 2.22. The van der Waals surface area contributed by atoms with Crippen LogP contribution in [0, 0.1) is 0 Å². The Morgan fingerprint density at radius 2 is 1.59 bits per heavy atom. The maximum Gasteiger partial charge on any atom is 0.343 e. The number of ether oxygens (including phenoxy) is 3. The van der Waals surface area contributed by atoms with Gasteiger partial charge in [0.05, 0.1) is 21.6 Å². The summed E-state index contributed by atoms with van der Waals surface area (Å²) in [5, 5.41) is 0. The van der Waals surface area contributed by atoms with Crippen LogP contribution in [0.4, 0.5) is 0 Å². The van der Waals surface area contributed by atoms with Gasteiger partial charge in [-0.1, -0.05) is 28.1 Å². The predicted octanol–water partition coefficient (Wildman–Crippen LogP) is 7.54. The molecule has 1 aliphatic heterocycles. The normalized spacial score (nSPS) is 14.3. The fourth-order valence-corrected chi connectivity index (χ4v) is 4.82. The Kier molecular flexibility index (Phi) is 7.18. The van der Waals surface area contributed by atoms with Gasteiger partial charge in [-0.2, -0.15) is 0 Å². The third-order valence-corrected chi connectivity index (χ3v) is 6.45. The summed E-state index contributed by atoms with van der Waals surface area (Å²) < 4.78 is 19.2. The number of halogens is 3. The van der Waals surface area contributed by atoms with Gasteiger partial charge in [-0.3, -0.25) is 0 Å². The molecule has 3 aromatic rings. The van der Waals surface area contributed by atoms with Crippen LogP contribution >= 0.6 is 47.8 Å². The molecule has 0 N–H and O–H groups in total. The number of benzene rings is 3. The van der Waals surface area contributed by atoms with Crippen LogP contribution in [0.15, 0.2) is 85.7 Å². The van der Waals surface area contributed by atoms with Gasteiger partial charge < -0.3 is 14.2 Å². The Labute approximate surface area is 211 Å². The zero-order valence-corrected chi connectivity index (χ0v) is 21.7. The lowest BCUT2D eigenvalue weighted by Gasteiger charge is -2.11.